The Balaban J connectivity index is 1.55. The molecule has 0 heterocycles. The fourth-order valence-electron chi connectivity index (χ4n) is 3.35. The van der Waals surface area contributed by atoms with Gasteiger partial charge in [-0.1, -0.05) is 55.8 Å². The summed E-state index contributed by atoms with van der Waals surface area (Å²) in [5.74, 6) is -0.422. The topological polar surface area (TPSA) is 75.6 Å². The molecule has 3 aromatic carbocycles. The number of benzene rings is 3. The maximum Gasteiger partial charge on any atom is 0.303 e. The molecule has 0 atom stereocenters. The molecule has 0 saturated carbocycles. The minimum Gasteiger partial charge on any atom is -0.489 e. The standard InChI is InChI=1S/C27H29NO4/c1-2-3-6-20-9-11-21(12-10-20)19-32-24-16-13-23(14-17-24)27(31)28-25-8-5-4-7-22(25)15-18-26(29)30/h4-5,7-14,16-17H,2-3,6,15,18-19H2,1H3,(H,28,31)(H,29,30). The zero-order chi connectivity index (χ0) is 22.8. The highest BCUT2D eigenvalue weighted by Crippen LogP contribution is 2.20. The molecule has 0 saturated heterocycles. The van der Waals surface area contributed by atoms with E-state index in [2.05, 4.69) is 36.5 Å². The van der Waals surface area contributed by atoms with Gasteiger partial charge in [-0.25, -0.2) is 0 Å². The van der Waals surface area contributed by atoms with Crippen molar-refractivity contribution in [2.45, 2.75) is 45.6 Å². The fourth-order valence-corrected chi connectivity index (χ4v) is 3.35. The summed E-state index contributed by atoms with van der Waals surface area (Å²) in [5, 5.41) is 11.8. The van der Waals surface area contributed by atoms with Crippen molar-refractivity contribution in [1.82, 2.24) is 0 Å². The van der Waals surface area contributed by atoms with Gasteiger partial charge in [0.15, 0.2) is 0 Å². The normalized spacial score (nSPS) is 10.5. The number of carbonyl (C=O) groups is 2. The van der Waals surface area contributed by atoms with E-state index in [1.165, 1.54) is 18.4 Å². The summed E-state index contributed by atoms with van der Waals surface area (Å²) in [6, 6.07) is 22.7. The SMILES string of the molecule is CCCCc1ccc(COc2ccc(C(=O)Nc3ccccc3CCC(=O)O)cc2)cc1. The van der Waals surface area contributed by atoms with Gasteiger partial charge in [-0.15, -0.1) is 0 Å². The molecular weight excluding hydrogens is 402 g/mol. The van der Waals surface area contributed by atoms with E-state index >= 15 is 0 Å². The lowest BCUT2D eigenvalue weighted by molar-refractivity contribution is -0.136. The first kappa shape index (κ1) is 23.1. The smallest absolute Gasteiger partial charge is 0.303 e. The lowest BCUT2D eigenvalue weighted by Gasteiger charge is -2.11. The second-order valence-corrected chi connectivity index (χ2v) is 7.74. The van der Waals surface area contributed by atoms with Gasteiger partial charge in [-0.05, 0) is 66.3 Å². The Labute approximate surface area is 189 Å². The zero-order valence-electron chi connectivity index (χ0n) is 18.3. The number of nitrogens with one attached hydrogen (secondary N) is 1. The molecule has 0 bridgehead atoms. The predicted octanol–water partition coefficient (Wildman–Crippen LogP) is 5.88. The molecule has 5 nitrogen and oxygen atoms in total. The molecule has 0 radical (unpaired) electrons. The number of rotatable bonds is 11. The fraction of sp³-hybridized carbons (Fsp3) is 0.259. The van der Waals surface area contributed by atoms with Gasteiger partial charge in [0, 0.05) is 17.7 Å². The lowest BCUT2D eigenvalue weighted by atomic mass is 10.1. The molecule has 0 fully saturated rings. The quantitative estimate of drug-likeness (QED) is 0.398. The molecule has 1 amide bonds. The Morgan fingerprint density at radius 2 is 1.56 bits per heavy atom. The molecule has 2 N–H and O–H groups in total. The highest BCUT2D eigenvalue weighted by atomic mass is 16.5. The third-order valence-corrected chi connectivity index (χ3v) is 5.24. The second-order valence-electron chi connectivity index (χ2n) is 7.74. The van der Waals surface area contributed by atoms with E-state index in [0.29, 0.717) is 30.0 Å². The first-order chi connectivity index (χ1) is 15.5. The number of hydrogen-bond acceptors (Lipinski definition) is 3. The number of ether oxygens (including phenoxy) is 1. The number of para-hydroxylation sites is 1. The maximum atomic E-state index is 12.6. The van der Waals surface area contributed by atoms with Crippen molar-refractivity contribution in [3.63, 3.8) is 0 Å². The van der Waals surface area contributed by atoms with Crippen molar-refractivity contribution in [3.05, 3.63) is 95.1 Å². The Kier molecular flexibility index (Phi) is 8.44. The number of carboxylic acid groups (broad SMARTS) is 1. The van der Waals surface area contributed by atoms with Crippen LogP contribution in [-0.4, -0.2) is 17.0 Å². The van der Waals surface area contributed by atoms with Crippen LogP contribution in [0.25, 0.3) is 0 Å². The molecule has 32 heavy (non-hydrogen) atoms. The zero-order valence-corrected chi connectivity index (χ0v) is 18.3. The Bertz CT molecular complexity index is 1030. The van der Waals surface area contributed by atoms with Crippen LogP contribution < -0.4 is 10.1 Å². The number of aryl methyl sites for hydroxylation is 2. The molecule has 0 unspecified atom stereocenters. The summed E-state index contributed by atoms with van der Waals surface area (Å²) in [4.78, 5) is 23.5. The molecular formula is C27H29NO4. The second kappa shape index (κ2) is 11.7. The van der Waals surface area contributed by atoms with E-state index in [9.17, 15) is 9.59 Å². The van der Waals surface area contributed by atoms with E-state index in [-0.39, 0.29) is 12.3 Å². The highest BCUT2D eigenvalue weighted by Gasteiger charge is 2.10. The summed E-state index contributed by atoms with van der Waals surface area (Å²) in [7, 11) is 0. The number of carboxylic acids is 1. The van der Waals surface area contributed by atoms with Gasteiger partial charge < -0.3 is 15.2 Å². The largest absolute Gasteiger partial charge is 0.489 e. The van der Waals surface area contributed by atoms with Gasteiger partial charge in [-0.2, -0.15) is 0 Å². The van der Waals surface area contributed by atoms with E-state index in [0.717, 1.165) is 17.5 Å². The third-order valence-electron chi connectivity index (χ3n) is 5.24. The van der Waals surface area contributed by atoms with Crippen LogP contribution in [0.5, 0.6) is 5.75 Å². The first-order valence-corrected chi connectivity index (χ1v) is 11.0. The van der Waals surface area contributed by atoms with Crippen LogP contribution in [-0.2, 0) is 24.2 Å². The minimum absolute atomic E-state index is 0.0143. The molecule has 0 aliphatic carbocycles. The van der Waals surface area contributed by atoms with Gasteiger partial charge in [0.1, 0.15) is 12.4 Å². The van der Waals surface area contributed by atoms with Gasteiger partial charge >= 0.3 is 5.97 Å². The summed E-state index contributed by atoms with van der Waals surface area (Å²) in [6.07, 6.45) is 3.86. The van der Waals surface area contributed by atoms with Crippen molar-refractivity contribution < 1.29 is 19.4 Å². The van der Waals surface area contributed by atoms with Crippen molar-refractivity contribution in [2.24, 2.45) is 0 Å². The Hall–Kier alpha value is -3.60. The predicted molar refractivity (Wildman–Crippen MR) is 126 cm³/mol. The maximum absolute atomic E-state index is 12.6. The molecule has 3 aromatic rings. The van der Waals surface area contributed by atoms with Crippen LogP contribution in [0, 0.1) is 0 Å². The molecule has 166 valence electrons. The molecule has 0 aliphatic rings. The summed E-state index contributed by atoms with van der Waals surface area (Å²) in [5.41, 5.74) is 4.37. The van der Waals surface area contributed by atoms with E-state index in [1.807, 2.05) is 18.2 Å². The van der Waals surface area contributed by atoms with Crippen LogP contribution in [0.4, 0.5) is 5.69 Å². The number of carbonyl (C=O) groups excluding carboxylic acids is 1. The average molecular weight is 432 g/mol. The summed E-state index contributed by atoms with van der Waals surface area (Å²) >= 11 is 0. The van der Waals surface area contributed by atoms with Gasteiger partial charge in [0.2, 0.25) is 0 Å². The van der Waals surface area contributed by atoms with Crippen molar-refractivity contribution in [2.75, 3.05) is 5.32 Å². The monoisotopic (exact) mass is 431 g/mol. The van der Waals surface area contributed by atoms with Crippen LogP contribution >= 0.6 is 0 Å². The van der Waals surface area contributed by atoms with E-state index in [1.54, 1.807) is 30.3 Å². The van der Waals surface area contributed by atoms with Crippen LogP contribution in [0.2, 0.25) is 0 Å². The third kappa shape index (κ3) is 6.98. The minimum atomic E-state index is -0.867. The Morgan fingerprint density at radius 1 is 0.875 bits per heavy atom. The Morgan fingerprint density at radius 3 is 2.25 bits per heavy atom. The molecule has 0 aliphatic heterocycles. The van der Waals surface area contributed by atoms with Crippen molar-refractivity contribution in [1.29, 1.82) is 0 Å². The molecule has 0 spiro atoms. The van der Waals surface area contributed by atoms with Gasteiger partial charge in [-0.3, -0.25) is 9.59 Å². The van der Waals surface area contributed by atoms with Crippen molar-refractivity contribution in [3.8, 4) is 5.75 Å². The number of hydrogen-bond donors (Lipinski definition) is 2. The number of unbranched alkanes of at least 4 members (excludes halogenated alkanes) is 1. The van der Waals surface area contributed by atoms with Gasteiger partial charge in [0.05, 0.1) is 0 Å². The average Bonchev–Trinajstić information content (AvgIpc) is 2.81. The van der Waals surface area contributed by atoms with Gasteiger partial charge in [0.25, 0.3) is 5.91 Å². The molecule has 0 aromatic heterocycles. The highest BCUT2D eigenvalue weighted by molar-refractivity contribution is 6.04. The van der Waals surface area contributed by atoms with Crippen LogP contribution in [0.1, 0.15) is 53.2 Å². The lowest BCUT2D eigenvalue weighted by Crippen LogP contribution is -2.13. The van der Waals surface area contributed by atoms with E-state index in [4.69, 9.17) is 9.84 Å². The molecule has 3 rings (SSSR count). The summed E-state index contributed by atoms with van der Waals surface area (Å²) in [6.45, 7) is 2.66. The van der Waals surface area contributed by atoms with E-state index < -0.39 is 5.97 Å². The number of anilines is 1. The number of amides is 1. The van der Waals surface area contributed by atoms with Crippen LogP contribution in [0.15, 0.2) is 72.8 Å². The van der Waals surface area contributed by atoms with Crippen molar-refractivity contribution >= 4 is 17.6 Å². The number of aliphatic carboxylic acids is 1. The summed E-state index contributed by atoms with van der Waals surface area (Å²) < 4.78 is 5.85. The first-order valence-electron chi connectivity index (χ1n) is 11.0. The molecule has 5 heteroatoms. The van der Waals surface area contributed by atoms with Crippen LogP contribution in [0.3, 0.4) is 0 Å².